The number of carbonyl (C=O) groups excluding carboxylic acids is 8. The van der Waals surface area contributed by atoms with Crippen LogP contribution in [0.5, 0.6) is 0 Å². The molecular formula is C64H92N8O20. The first-order chi connectivity index (χ1) is 44.8. The van der Waals surface area contributed by atoms with Crippen molar-refractivity contribution in [1.29, 1.82) is 0 Å². The third kappa shape index (κ3) is 32.1. The molecule has 2 aliphatic rings. The summed E-state index contributed by atoms with van der Waals surface area (Å²) in [6.07, 6.45) is 1.11. The SMILES string of the molecule is COCCOCCOCCOCCOCCOCCOCCOCCC(=O)NCCCC[C@H](NC(=O)OCC1c2ccccc2-c2ccccc21)C(=O)NCCC(=O)NCC(=O)NCC(=O)N[C@@H](Cc1ccccc1)C(=O)NCC(=O)NCO[C@@H](CC(=O)O)C1CC1. The van der Waals surface area contributed by atoms with E-state index < -0.39 is 85.3 Å². The number of aliphatic carboxylic acids is 1. The lowest BCUT2D eigenvalue weighted by Crippen LogP contribution is -2.52. The number of amides is 8. The van der Waals surface area contributed by atoms with Crippen molar-refractivity contribution in [3.05, 3.63) is 95.6 Å². The van der Waals surface area contributed by atoms with Gasteiger partial charge in [-0.3, -0.25) is 38.4 Å². The van der Waals surface area contributed by atoms with E-state index in [1.54, 1.807) is 37.4 Å². The summed E-state index contributed by atoms with van der Waals surface area (Å²) in [6, 6.07) is 22.3. The van der Waals surface area contributed by atoms with Gasteiger partial charge in [0.2, 0.25) is 41.4 Å². The normalized spacial score (nSPS) is 13.3. The number of fused-ring (bicyclic) bond motifs is 3. The molecule has 28 heteroatoms. The molecule has 0 saturated heterocycles. The largest absolute Gasteiger partial charge is 0.481 e. The van der Waals surface area contributed by atoms with Crippen molar-refractivity contribution in [2.75, 3.05) is 152 Å². The number of methoxy groups -OCH3 is 1. The van der Waals surface area contributed by atoms with Gasteiger partial charge in [-0.25, -0.2) is 4.79 Å². The Hall–Kier alpha value is -7.67. The molecule has 0 bridgehead atoms. The highest BCUT2D eigenvalue weighted by atomic mass is 16.6. The smallest absolute Gasteiger partial charge is 0.407 e. The number of nitrogens with one attached hydrogen (secondary N) is 8. The van der Waals surface area contributed by atoms with Crippen LogP contribution in [-0.4, -0.2) is 229 Å². The average Bonchev–Trinajstić information content (AvgIpc) is 1.62. The van der Waals surface area contributed by atoms with E-state index in [9.17, 15) is 43.2 Å². The summed E-state index contributed by atoms with van der Waals surface area (Å²) < 4.78 is 54.5. The van der Waals surface area contributed by atoms with Crippen LogP contribution in [0.1, 0.15) is 74.0 Å². The molecule has 92 heavy (non-hydrogen) atoms. The predicted octanol–water partition coefficient (Wildman–Crippen LogP) is 1.26. The average molecular weight is 1290 g/mol. The Morgan fingerprint density at radius 2 is 0.989 bits per heavy atom. The molecule has 508 valence electrons. The lowest BCUT2D eigenvalue weighted by molar-refractivity contribution is -0.141. The molecule has 1 fully saturated rings. The van der Waals surface area contributed by atoms with Crippen LogP contribution < -0.4 is 42.5 Å². The molecule has 0 radical (unpaired) electrons. The first kappa shape index (κ1) is 75.1. The number of rotatable bonds is 52. The van der Waals surface area contributed by atoms with Crippen LogP contribution in [0.2, 0.25) is 0 Å². The van der Waals surface area contributed by atoms with Crippen molar-refractivity contribution >= 4 is 53.4 Å². The highest BCUT2D eigenvalue weighted by Gasteiger charge is 2.34. The minimum absolute atomic E-state index is 0.0113. The van der Waals surface area contributed by atoms with Gasteiger partial charge in [0, 0.05) is 45.4 Å². The molecule has 5 rings (SSSR count). The third-order valence-electron chi connectivity index (χ3n) is 14.3. The van der Waals surface area contributed by atoms with Gasteiger partial charge in [-0.1, -0.05) is 78.9 Å². The maximum Gasteiger partial charge on any atom is 0.407 e. The number of carboxylic acids is 1. The first-order valence-corrected chi connectivity index (χ1v) is 31.2. The Labute approximate surface area is 536 Å². The van der Waals surface area contributed by atoms with Gasteiger partial charge >= 0.3 is 12.1 Å². The van der Waals surface area contributed by atoms with Crippen molar-refractivity contribution in [3.63, 3.8) is 0 Å². The first-order valence-electron chi connectivity index (χ1n) is 31.2. The second-order valence-electron chi connectivity index (χ2n) is 21.4. The minimum Gasteiger partial charge on any atom is -0.481 e. The van der Waals surface area contributed by atoms with Gasteiger partial charge in [-0.05, 0) is 65.8 Å². The monoisotopic (exact) mass is 1290 g/mol. The quantitative estimate of drug-likeness (QED) is 0.0284. The Kier molecular flexibility index (Phi) is 37.2. The maximum atomic E-state index is 13.6. The van der Waals surface area contributed by atoms with Crippen molar-refractivity contribution in [3.8, 4) is 11.1 Å². The van der Waals surface area contributed by atoms with E-state index >= 15 is 0 Å². The number of hydrogen-bond donors (Lipinski definition) is 9. The van der Waals surface area contributed by atoms with Crippen LogP contribution in [0.3, 0.4) is 0 Å². The van der Waals surface area contributed by atoms with Gasteiger partial charge in [0.25, 0.3) is 0 Å². The highest BCUT2D eigenvalue weighted by molar-refractivity contribution is 5.93. The molecule has 3 aromatic rings. The fourth-order valence-electron chi connectivity index (χ4n) is 9.39. The zero-order valence-corrected chi connectivity index (χ0v) is 52.5. The molecule has 0 aliphatic heterocycles. The number of benzene rings is 3. The summed E-state index contributed by atoms with van der Waals surface area (Å²) in [5.74, 6) is -5.28. The molecule has 2 aliphatic carbocycles. The number of carbonyl (C=O) groups is 9. The van der Waals surface area contributed by atoms with Crippen LogP contribution in [0.15, 0.2) is 78.9 Å². The second-order valence-corrected chi connectivity index (χ2v) is 21.4. The molecule has 28 nitrogen and oxygen atoms in total. The number of carboxylic acid groups (broad SMARTS) is 1. The minimum atomic E-state index is -1.15. The van der Waals surface area contributed by atoms with Crippen LogP contribution in [0.25, 0.3) is 11.1 Å². The molecule has 0 unspecified atom stereocenters. The van der Waals surface area contributed by atoms with Gasteiger partial charge in [0.15, 0.2) is 0 Å². The fourth-order valence-corrected chi connectivity index (χ4v) is 9.39. The Morgan fingerprint density at radius 3 is 1.57 bits per heavy atom. The number of unbranched alkanes of at least 4 members (excludes halogenated alkanes) is 1. The molecule has 8 amide bonds. The highest BCUT2D eigenvalue weighted by Crippen LogP contribution is 2.44. The summed E-state index contributed by atoms with van der Waals surface area (Å²) in [6.45, 7) is 4.73. The molecule has 0 heterocycles. The van der Waals surface area contributed by atoms with E-state index in [4.69, 9.17) is 52.5 Å². The van der Waals surface area contributed by atoms with Crippen molar-refractivity contribution in [1.82, 2.24) is 42.5 Å². The molecule has 0 aromatic heterocycles. The molecule has 0 spiro atoms. The standard InChI is InChI=1S/C64H92N8O20/c1-83-25-26-85-29-30-87-33-34-89-37-38-90-36-35-88-32-31-86-28-27-84-24-21-57(74)65-22-10-9-17-53(72-64(82)91-44-52-50-15-7-5-13-48(50)49-14-6-8-16-51(49)52)62(80)66-23-20-56(73)67-41-58(75)68-43-60(77)71-54(39-46-11-3-2-4-12-46)63(81)69-42-59(76)70-45-92-55(40-61(78)79)47-18-19-47/h2-8,11-16,47,52-55H,9-10,17-45H2,1H3,(H,65,74)(H,66,80)(H,67,73)(H,68,75)(H,69,81)(H,70,76)(H,71,77)(H,72,82)(H,78,79)/t53-,54-,55-/m0/s1. The van der Waals surface area contributed by atoms with E-state index in [-0.39, 0.29) is 76.3 Å². The second kappa shape index (κ2) is 45.6. The van der Waals surface area contributed by atoms with Gasteiger partial charge < -0.3 is 95.0 Å². The van der Waals surface area contributed by atoms with Gasteiger partial charge in [-0.15, -0.1) is 0 Å². The van der Waals surface area contributed by atoms with Crippen molar-refractivity contribution in [2.24, 2.45) is 5.92 Å². The van der Waals surface area contributed by atoms with Crippen LogP contribution in [-0.2, 0) is 92.1 Å². The molecule has 9 N–H and O–H groups in total. The summed E-state index contributed by atoms with van der Waals surface area (Å²) in [5.41, 5.74) is 4.82. The van der Waals surface area contributed by atoms with E-state index in [1.165, 1.54) is 0 Å². The zero-order valence-electron chi connectivity index (χ0n) is 52.5. The van der Waals surface area contributed by atoms with Crippen LogP contribution in [0, 0.1) is 5.92 Å². The van der Waals surface area contributed by atoms with E-state index in [1.807, 2.05) is 48.5 Å². The number of hydrogen-bond acceptors (Lipinski definition) is 19. The summed E-state index contributed by atoms with van der Waals surface area (Å²) in [4.78, 5) is 115. The van der Waals surface area contributed by atoms with Crippen molar-refractivity contribution < 1.29 is 95.6 Å². The van der Waals surface area contributed by atoms with Gasteiger partial charge in [0.1, 0.15) is 25.4 Å². The summed E-state index contributed by atoms with van der Waals surface area (Å²) in [7, 11) is 1.62. The molecular weight excluding hydrogens is 1200 g/mol. The summed E-state index contributed by atoms with van der Waals surface area (Å²) in [5, 5.41) is 29.7. The number of alkyl carbamates (subject to hydrolysis) is 1. The molecule has 1 saturated carbocycles. The van der Waals surface area contributed by atoms with Crippen molar-refractivity contribution in [2.45, 2.75) is 81.9 Å². The topological polar surface area (TPSA) is 362 Å². The van der Waals surface area contributed by atoms with Gasteiger partial charge in [0.05, 0.1) is 131 Å². The van der Waals surface area contributed by atoms with E-state index in [2.05, 4.69) is 42.5 Å². The Bertz CT molecular complexity index is 2660. The zero-order chi connectivity index (χ0) is 65.8. The Balaban J connectivity index is 0.950. The fraction of sp³-hybridized carbons (Fsp3) is 0.578. The molecule has 3 aromatic carbocycles. The van der Waals surface area contributed by atoms with Crippen LogP contribution >= 0.6 is 0 Å². The predicted molar refractivity (Wildman–Crippen MR) is 333 cm³/mol. The summed E-state index contributed by atoms with van der Waals surface area (Å²) >= 11 is 0. The van der Waals surface area contributed by atoms with E-state index in [0.717, 1.165) is 35.1 Å². The third-order valence-corrected chi connectivity index (χ3v) is 14.3. The maximum absolute atomic E-state index is 13.6. The lowest BCUT2D eigenvalue weighted by atomic mass is 9.98. The van der Waals surface area contributed by atoms with Gasteiger partial charge in [-0.2, -0.15) is 0 Å². The Morgan fingerprint density at radius 1 is 0.489 bits per heavy atom. The lowest BCUT2D eigenvalue weighted by Gasteiger charge is -2.20. The van der Waals surface area contributed by atoms with E-state index in [0.29, 0.717) is 117 Å². The number of ether oxygens (including phenoxy) is 10. The van der Waals surface area contributed by atoms with Crippen LogP contribution in [0.4, 0.5) is 4.79 Å². The molecule has 3 atom stereocenters.